The van der Waals surface area contributed by atoms with Gasteiger partial charge in [-0.05, 0) is 13.8 Å². The fourth-order valence-electron chi connectivity index (χ4n) is 1.56. The Labute approximate surface area is 142 Å². The number of methoxy groups -OCH3 is 1. The van der Waals surface area contributed by atoms with Crippen LogP contribution < -0.4 is 0 Å². The highest BCUT2D eigenvalue weighted by Crippen LogP contribution is 2.18. The number of hydrogen-bond acceptors (Lipinski definition) is 10. The van der Waals surface area contributed by atoms with Gasteiger partial charge in [0.2, 0.25) is 0 Å². The summed E-state index contributed by atoms with van der Waals surface area (Å²) in [5, 5.41) is 18.9. The van der Waals surface area contributed by atoms with Crippen LogP contribution in [0.1, 0.15) is 26.7 Å². The van der Waals surface area contributed by atoms with Crippen LogP contribution >= 0.6 is 0 Å². The van der Waals surface area contributed by atoms with Crippen molar-refractivity contribution in [2.45, 2.75) is 38.4 Å². The topological polar surface area (TPSA) is 163 Å². The minimum absolute atomic E-state index is 0.117. The molecule has 0 rings (SSSR count). The van der Waals surface area contributed by atoms with E-state index in [9.17, 15) is 29.1 Å². The summed E-state index contributed by atoms with van der Waals surface area (Å²) in [5.41, 5.74) is -2.84. The molecule has 0 aromatic rings. The van der Waals surface area contributed by atoms with Crippen molar-refractivity contribution < 1.29 is 53.1 Å². The van der Waals surface area contributed by atoms with E-state index in [0.717, 1.165) is 7.11 Å². The van der Waals surface area contributed by atoms with Crippen LogP contribution in [-0.2, 0) is 42.9 Å². The molecule has 0 spiro atoms. The van der Waals surface area contributed by atoms with Crippen LogP contribution in [0.5, 0.6) is 0 Å². The number of carboxylic acid groups (broad SMARTS) is 1. The van der Waals surface area contributed by atoms with Gasteiger partial charge in [0, 0.05) is 0 Å². The van der Waals surface area contributed by atoms with Crippen molar-refractivity contribution in [3.05, 3.63) is 0 Å². The number of rotatable bonds is 10. The van der Waals surface area contributed by atoms with E-state index >= 15 is 0 Å². The Kier molecular flexibility index (Phi) is 9.13. The number of carbonyl (C=O) groups is 5. The maximum Gasteiger partial charge on any atom is 0.359 e. The Morgan fingerprint density at radius 2 is 1.36 bits per heavy atom. The summed E-state index contributed by atoms with van der Waals surface area (Å²) in [7, 11) is 0.959. The van der Waals surface area contributed by atoms with Gasteiger partial charge in [0.1, 0.15) is 0 Å². The highest BCUT2D eigenvalue weighted by atomic mass is 16.6. The molecule has 1 unspecified atom stereocenters. The lowest BCUT2D eigenvalue weighted by molar-refractivity contribution is -0.185. The fourth-order valence-corrected chi connectivity index (χ4v) is 1.56. The maximum absolute atomic E-state index is 11.8. The number of carbonyl (C=O) groups excluding carboxylic acids is 4. The van der Waals surface area contributed by atoms with Crippen LogP contribution in [0.2, 0.25) is 0 Å². The summed E-state index contributed by atoms with van der Waals surface area (Å²) in [6.45, 7) is 2.66. The SMILES string of the molecule is CCOC(=O)C(OC(=O)CC(O)(CC(=O)OC)C(=O)O)C(=O)OCC. The molecule has 0 heterocycles. The Bertz CT molecular complexity index is 509. The zero-order chi connectivity index (χ0) is 19.6. The molecule has 0 bridgehead atoms. The molecule has 0 saturated heterocycles. The van der Waals surface area contributed by atoms with Gasteiger partial charge in [0.05, 0.1) is 33.2 Å². The monoisotopic (exact) mass is 364 g/mol. The van der Waals surface area contributed by atoms with Crippen LogP contribution in [0.15, 0.2) is 0 Å². The van der Waals surface area contributed by atoms with Gasteiger partial charge in [0.25, 0.3) is 6.10 Å². The molecule has 0 aromatic carbocycles. The second-order valence-electron chi connectivity index (χ2n) is 4.64. The molecule has 11 heteroatoms. The number of carboxylic acids is 1. The van der Waals surface area contributed by atoms with Gasteiger partial charge in [0.15, 0.2) is 5.60 Å². The average molecular weight is 364 g/mol. The molecular weight excluding hydrogens is 344 g/mol. The Balaban J connectivity index is 5.20. The van der Waals surface area contributed by atoms with E-state index in [-0.39, 0.29) is 13.2 Å². The van der Waals surface area contributed by atoms with E-state index in [1.165, 1.54) is 13.8 Å². The van der Waals surface area contributed by atoms with Crippen molar-refractivity contribution >= 4 is 29.8 Å². The van der Waals surface area contributed by atoms with Crippen molar-refractivity contribution in [1.82, 2.24) is 0 Å². The molecule has 25 heavy (non-hydrogen) atoms. The largest absolute Gasteiger partial charge is 0.479 e. The third-order valence-corrected chi connectivity index (χ3v) is 2.75. The minimum Gasteiger partial charge on any atom is -0.479 e. The number of esters is 4. The third kappa shape index (κ3) is 7.16. The van der Waals surface area contributed by atoms with E-state index in [1.54, 1.807) is 0 Å². The molecule has 2 N–H and O–H groups in total. The Morgan fingerprint density at radius 1 is 0.920 bits per heavy atom. The normalized spacial score (nSPS) is 12.7. The molecule has 0 aliphatic rings. The van der Waals surface area contributed by atoms with Gasteiger partial charge in [-0.25, -0.2) is 14.4 Å². The predicted molar refractivity (Wildman–Crippen MR) is 77.0 cm³/mol. The zero-order valence-electron chi connectivity index (χ0n) is 14.0. The molecule has 0 saturated carbocycles. The molecule has 0 aliphatic heterocycles. The van der Waals surface area contributed by atoms with Crippen LogP contribution in [0.3, 0.4) is 0 Å². The van der Waals surface area contributed by atoms with Gasteiger partial charge in [-0.2, -0.15) is 0 Å². The first-order chi connectivity index (χ1) is 11.6. The second kappa shape index (κ2) is 10.2. The molecule has 0 aliphatic carbocycles. The first kappa shape index (κ1) is 22.3. The predicted octanol–water partition coefficient (Wildman–Crippen LogP) is -1.21. The van der Waals surface area contributed by atoms with Gasteiger partial charge in [-0.1, -0.05) is 0 Å². The zero-order valence-corrected chi connectivity index (χ0v) is 14.0. The van der Waals surface area contributed by atoms with Crippen molar-refractivity contribution in [3.8, 4) is 0 Å². The summed E-state index contributed by atoms with van der Waals surface area (Å²) < 4.78 is 17.9. The maximum atomic E-state index is 11.8. The lowest BCUT2D eigenvalue weighted by atomic mass is 9.96. The van der Waals surface area contributed by atoms with E-state index in [1.807, 2.05) is 0 Å². The van der Waals surface area contributed by atoms with Gasteiger partial charge in [-0.3, -0.25) is 9.59 Å². The average Bonchev–Trinajstić information content (AvgIpc) is 2.52. The summed E-state index contributed by atoms with van der Waals surface area (Å²) >= 11 is 0. The third-order valence-electron chi connectivity index (χ3n) is 2.75. The second-order valence-corrected chi connectivity index (χ2v) is 4.64. The van der Waals surface area contributed by atoms with E-state index in [2.05, 4.69) is 18.9 Å². The van der Waals surface area contributed by atoms with Crippen LogP contribution in [0, 0.1) is 0 Å². The van der Waals surface area contributed by atoms with Gasteiger partial charge < -0.3 is 29.2 Å². The van der Waals surface area contributed by atoms with Crippen molar-refractivity contribution in [2.24, 2.45) is 0 Å². The first-order valence-electron chi connectivity index (χ1n) is 7.16. The highest BCUT2D eigenvalue weighted by Gasteiger charge is 2.43. The van der Waals surface area contributed by atoms with Crippen LogP contribution in [0.4, 0.5) is 0 Å². The van der Waals surface area contributed by atoms with Crippen molar-refractivity contribution in [3.63, 3.8) is 0 Å². The Hall–Kier alpha value is -2.69. The standard InChI is InChI=1S/C14H20O11/c1-4-23-11(17)10(12(18)24-5-2)25-9(16)7-14(21,13(19)20)6-8(15)22-3/h10,21H,4-7H2,1-3H3,(H,19,20). The smallest absolute Gasteiger partial charge is 0.359 e. The summed E-state index contributed by atoms with van der Waals surface area (Å²) in [5.74, 6) is -6.86. The molecule has 11 nitrogen and oxygen atoms in total. The number of ether oxygens (including phenoxy) is 4. The lowest BCUT2D eigenvalue weighted by Gasteiger charge is -2.22. The van der Waals surface area contributed by atoms with Gasteiger partial charge >= 0.3 is 29.8 Å². The number of aliphatic carboxylic acids is 1. The fraction of sp³-hybridized carbons (Fsp3) is 0.643. The van der Waals surface area contributed by atoms with Gasteiger partial charge in [-0.15, -0.1) is 0 Å². The molecular formula is C14H20O11. The first-order valence-corrected chi connectivity index (χ1v) is 7.16. The Morgan fingerprint density at radius 3 is 1.72 bits per heavy atom. The molecule has 142 valence electrons. The summed E-state index contributed by atoms with van der Waals surface area (Å²) in [6.07, 6.45) is -4.34. The highest BCUT2D eigenvalue weighted by molar-refractivity contribution is 6.00. The van der Waals surface area contributed by atoms with E-state index in [4.69, 9.17) is 5.11 Å². The molecule has 1 atom stereocenters. The van der Waals surface area contributed by atoms with Crippen LogP contribution in [-0.4, -0.2) is 72.1 Å². The van der Waals surface area contributed by atoms with Crippen molar-refractivity contribution in [1.29, 1.82) is 0 Å². The van der Waals surface area contributed by atoms with Crippen LogP contribution in [0.25, 0.3) is 0 Å². The lowest BCUT2D eigenvalue weighted by Crippen LogP contribution is -2.45. The molecule has 0 amide bonds. The summed E-state index contributed by atoms with van der Waals surface area (Å²) in [6, 6.07) is 0. The quantitative estimate of drug-likeness (QED) is 0.272. The number of hydrogen-bond donors (Lipinski definition) is 2. The van der Waals surface area contributed by atoms with E-state index in [0.29, 0.717) is 0 Å². The summed E-state index contributed by atoms with van der Waals surface area (Å²) in [4.78, 5) is 57.5. The van der Waals surface area contributed by atoms with Crippen molar-refractivity contribution in [2.75, 3.05) is 20.3 Å². The minimum atomic E-state index is -2.84. The van der Waals surface area contributed by atoms with E-state index < -0.39 is 54.4 Å². The molecule has 0 fully saturated rings. The molecule has 0 radical (unpaired) electrons. The molecule has 0 aromatic heterocycles. The number of aliphatic hydroxyl groups is 1.